The van der Waals surface area contributed by atoms with Crippen molar-refractivity contribution in [3.05, 3.63) is 71.7 Å². The van der Waals surface area contributed by atoms with Gasteiger partial charge in [0.25, 0.3) is 5.91 Å². The molecule has 4 rings (SSSR count). The van der Waals surface area contributed by atoms with Crippen molar-refractivity contribution in [1.29, 1.82) is 0 Å². The maximum absolute atomic E-state index is 12.5. The quantitative estimate of drug-likeness (QED) is 0.713. The lowest BCUT2D eigenvalue weighted by Crippen LogP contribution is -2.32. The topological polar surface area (TPSA) is 75.2 Å². The molecule has 8 heteroatoms. The molecule has 134 valence electrons. The summed E-state index contributed by atoms with van der Waals surface area (Å²) in [5.41, 5.74) is 4.25. The van der Waals surface area contributed by atoms with Crippen LogP contribution in [0.5, 0.6) is 0 Å². The minimum atomic E-state index is -0.276. The van der Waals surface area contributed by atoms with Crippen LogP contribution in [-0.2, 0) is 4.79 Å². The molecule has 0 unspecified atom stereocenters. The standard InChI is InChI=1S/C19H14N4O2S2/c1-12-15-4-2-3-5-16(15)18(25)23(12)10-17(24)21-13-6-8-14(9-7-13)27-19-22-20-11-26-19/h2-9,11H,1,10H2,(H,21,24). The van der Waals surface area contributed by atoms with Gasteiger partial charge in [-0.3, -0.25) is 14.5 Å². The third kappa shape index (κ3) is 3.62. The Balaban J connectivity index is 1.38. The van der Waals surface area contributed by atoms with Crippen LogP contribution in [0.15, 0.2) is 69.9 Å². The molecule has 6 nitrogen and oxygen atoms in total. The fourth-order valence-corrected chi connectivity index (χ4v) is 4.21. The number of amides is 2. The third-order valence-electron chi connectivity index (χ3n) is 4.02. The number of fused-ring (bicyclic) bond motifs is 1. The molecule has 1 aromatic heterocycles. The Morgan fingerprint density at radius 2 is 1.89 bits per heavy atom. The zero-order valence-corrected chi connectivity index (χ0v) is 15.7. The highest BCUT2D eigenvalue weighted by molar-refractivity contribution is 8.01. The molecular weight excluding hydrogens is 380 g/mol. The minimum Gasteiger partial charge on any atom is -0.325 e. The highest BCUT2D eigenvalue weighted by atomic mass is 32.2. The van der Waals surface area contributed by atoms with Gasteiger partial charge < -0.3 is 5.32 Å². The molecule has 2 heterocycles. The van der Waals surface area contributed by atoms with E-state index < -0.39 is 0 Å². The summed E-state index contributed by atoms with van der Waals surface area (Å²) in [7, 11) is 0. The van der Waals surface area contributed by atoms with Crippen molar-refractivity contribution in [2.45, 2.75) is 9.24 Å². The molecule has 0 radical (unpaired) electrons. The van der Waals surface area contributed by atoms with Gasteiger partial charge >= 0.3 is 0 Å². The predicted octanol–water partition coefficient (Wildman–Crippen LogP) is 3.75. The number of carbonyl (C=O) groups is 2. The Kier molecular flexibility index (Phi) is 4.74. The summed E-state index contributed by atoms with van der Waals surface area (Å²) in [5, 5.41) is 10.6. The second-order valence-corrected chi connectivity index (χ2v) is 7.92. The van der Waals surface area contributed by atoms with Gasteiger partial charge in [0, 0.05) is 27.4 Å². The first-order valence-electron chi connectivity index (χ1n) is 8.06. The van der Waals surface area contributed by atoms with Crippen molar-refractivity contribution < 1.29 is 9.59 Å². The number of anilines is 1. The van der Waals surface area contributed by atoms with Crippen LogP contribution in [0.3, 0.4) is 0 Å². The minimum absolute atomic E-state index is 0.0758. The second kappa shape index (κ2) is 7.34. The smallest absolute Gasteiger partial charge is 0.259 e. The molecule has 0 aliphatic carbocycles. The Bertz CT molecular complexity index is 981. The maximum Gasteiger partial charge on any atom is 0.259 e. The lowest BCUT2D eigenvalue weighted by Gasteiger charge is -2.17. The van der Waals surface area contributed by atoms with Crippen molar-refractivity contribution in [2.24, 2.45) is 0 Å². The number of hydrogen-bond acceptors (Lipinski definition) is 6. The Labute approximate surface area is 163 Å². The van der Waals surface area contributed by atoms with Crippen LogP contribution in [0, 0.1) is 0 Å². The van der Waals surface area contributed by atoms with Gasteiger partial charge in [0.05, 0.1) is 0 Å². The first kappa shape index (κ1) is 17.4. The van der Waals surface area contributed by atoms with Crippen LogP contribution < -0.4 is 5.32 Å². The normalized spacial score (nSPS) is 13.0. The average Bonchev–Trinajstić information content (AvgIpc) is 3.27. The van der Waals surface area contributed by atoms with Gasteiger partial charge in [-0.05, 0) is 30.3 Å². The molecule has 0 saturated heterocycles. The van der Waals surface area contributed by atoms with E-state index in [1.165, 1.54) is 28.0 Å². The highest BCUT2D eigenvalue weighted by Gasteiger charge is 2.31. The van der Waals surface area contributed by atoms with Crippen LogP contribution in [-0.4, -0.2) is 33.5 Å². The molecule has 0 fully saturated rings. The van der Waals surface area contributed by atoms with E-state index in [1.807, 2.05) is 36.4 Å². The summed E-state index contributed by atoms with van der Waals surface area (Å²) in [6, 6.07) is 14.7. The fourth-order valence-electron chi connectivity index (χ4n) is 2.76. The summed E-state index contributed by atoms with van der Waals surface area (Å²) in [4.78, 5) is 27.3. The van der Waals surface area contributed by atoms with E-state index in [1.54, 1.807) is 17.6 Å². The number of rotatable bonds is 5. The van der Waals surface area contributed by atoms with E-state index >= 15 is 0 Å². The first-order valence-corrected chi connectivity index (χ1v) is 9.75. The van der Waals surface area contributed by atoms with Crippen LogP contribution in [0.1, 0.15) is 15.9 Å². The summed E-state index contributed by atoms with van der Waals surface area (Å²) in [6.07, 6.45) is 0. The molecular formula is C19H14N4O2S2. The molecule has 2 aromatic carbocycles. The lowest BCUT2D eigenvalue weighted by atomic mass is 10.1. The molecule has 1 N–H and O–H groups in total. The van der Waals surface area contributed by atoms with Crippen LogP contribution in [0.2, 0.25) is 0 Å². The highest BCUT2D eigenvalue weighted by Crippen LogP contribution is 2.31. The van der Waals surface area contributed by atoms with Crippen molar-refractivity contribution in [2.75, 3.05) is 11.9 Å². The molecule has 3 aromatic rings. The number of nitrogens with one attached hydrogen (secondary N) is 1. The third-order valence-corrected chi connectivity index (χ3v) is 5.81. The van der Waals surface area contributed by atoms with E-state index in [0.29, 0.717) is 16.9 Å². The van der Waals surface area contributed by atoms with E-state index in [2.05, 4.69) is 22.1 Å². The molecule has 1 aliphatic rings. The van der Waals surface area contributed by atoms with Crippen LogP contribution in [0.25, 0.3) is 5.70 Å². The molecule has 1 aliphatic heterocycles. The van der Waals surface area contributed by atoms with E-state index in [-0.39, 0.29) is 18.4 Å². The van der Waals surface area contributed by atoms with Crippen molar-refractivity contribution in [1.82, 2.24) is 15.1 Å². The number of nitrogens with zero attached hydrogens (tertiary/aromatic N) is 3. The molecule has 0 atom stereocenters. The van der Waals surface area contributed by atoms with Gasteiger partial charge in [-0.15, -0.1) is 10.2 Å². The Morgan fingerprint density at radius 1 is 1.15 bits per heavy atom. The van der Waals surface area contributed by atoms with E-state index in [9.17, 15) is 9.59 Å². The van der Waals surface area contributed by atoms with Crippen molar-refractivity contribution in [3.8, 4) is 0 Å². The number of aromatic nitrogens is 2. The average molecular weight is 394 g/mol. The van der Waals surface area contributed by atoms with Crippen LogP contribution in [0.4, 0.5) is 5.69 Å². The summed E-state index contributed by atoms with van der Waals surface area (Å²) < 4.78 is 0.859. The molecule has 27 heavy (non-hydrogen) atoms. The SMILES string of the molecule is C=C1c2ccccc2C(=O)N1CC(=O)Nc1ccc(Sc2nncs2)cc1. The zero-order chi connectivity index (χ0) is 18.8. The second-order valence-electron chi connectivity index (χ2n) is 5.76. The lowest BCUT2D eigenvalue weighted by molar-refractivity contribution is -0.116. The summed E-state index contributed by atoms with van der Waals surface area (Å²) in [6.45, 7) is 3.87. The Hall–Kier alpha value is -2.97. The first-order chi connectivity index (χ1) is 13.1. The van der Waals surface area contributed by atoms with Crippen molar-refractivity contribution >= 4 is 46.3 Å². The fraction of sp³-hybridized carbons (Fsp3) is 0.0526. The predicted molar refractivity (Wildman–Crippen MR) is 106 cm³/mol. The summed E-state index contributed by atoms with van der Waals surface area (Å²) in [5.74, 6) is -0.476. The van der Waals surface area contributed by atoms with Gasteiger partial charge in [0.1, 0.15) is 12.1 Å². The Morgan fingerprint density at radius 3 is 2.56 bits per heavy atom. The van der Waals surface area contributed by atoms with E-state index in [4.69, 9.17) is 0 Å². The molecule has 2 amide bonds. The van der Waals surface area contributed by atoms with Gasteiger partial charge in [-0.1, -0.05) is 47.9 Å². The molecule has 0 saturated carbocycles. The molecule has 0 bridgehead atoms. The van der Waals surface area contributed by atoms with Gasteiger partial charge in [0.2, 0.25) is 5.91 Å². The largest absolute Gasteiger partial charge is 0.325 e. The van der Waals surface area contributed by atoms with E-state index in [0.717, 1.165) is 14.8 Å². The van der Waals surface area contributed by atoms with Crippen molar-refractivity contribution in [3.63, 3.8) is 0 Å². The van der Waals surface area contributed by atoms with Crippen LogP contribution >= 0.6 is 23.1 Å². The van der Waals surface area contributed by atoms with Gasteiger partial charge in [-0.2, -0.15) is 0 Å². The number of hydrogen-bond donors (Lipinski definition) is 1. The van der Waals surface area contributed by atoms with Gasteiger partial charge in [-0.25, -0.2) is 0 Å². The monoisotopic (exact) mass is 394 g/mol. The van der Waals surface area contributed by atoms with Gasteiger partial charge in [0.15, 0.2) is 4.34 Å². The summed E-state index contributed by atoms with van der Waals surface area (Å²) >= 11 is 2.98. The zero-order valence-electron chi connectivity index (χ0n) is 14.1. The maximum atomic E-state index is 12.5. The number of carbonyl (C=O) groups excluding carboxylic acids is 2. The number of benzene rings is 2. The molecule has 0 spiro atoms.